The molecule has 1 aliphatic rings. The zero-order valence-electron chi connectivity index (χ0n) is 14.9. The van der Waals surface area contributed by atoms with E-state index in [1.54, 1.807) is 0 Å². The standard InChI is InChI=1S/C15H24N2.2C2H6/c1-2-3-9-16-10-12-17(13-11-16)14-15-7-5-4-6-8-15;2*1-2/h4-8H,2-3,9-14H2,1H3;2*1-2H3. The van der Waals surface area contributed by atoms with Crippen molar-refractivity contribution in [2.45, 2.75) is 54.0 Å². The highest BCUT2D eigenvalue weighted by Gasteiger charge is 2.15. The number of nitrogens with zero attached hydrogens (tertiary/aromatic N) is 2. The Morgan fingerprint density at radius 3 is 1.86 bits per heavy atom. The Bertz CT molecular complexity index is 303. The van der Waals surface area contributed by atoms with Crippen molar-refractivity contribution in [3.05, 3.63) is 35.9 Å². The largest absolute Gasteiger partial charge is 0.301 e. The van der Waals surface area contributed by atoms with Crippen LogP contribution < -0.4 is 0 Å². The van der Waals surface area contributed by atoms with E-state index in [1.807, 2.05) is 27.7 Å². The summed E-state index contributed by atoms with van der Waals surface area (Å²) >= 11 is 0. The Morgan fingerprint density at radius 2 is 1.33 bits per heavy atom. The lowest BCUT2D eigenvalue weighted by Crippen LogP contribution is -2.46. The third-order valence-corrected chi connectivity index (χ3v) is 3.54. The highest BCUT2D eigenvalue weighted by Crippen LogP contribution is 2.08. The second-order valence-electron chi connectivity index (χ2n) is 4.96. The lowest BCUT2D eigenvalue weighted by molar-refractivity contribution is 0.126. The molecular formula is C19H36N2. The molecule has 0 spiro atoms. The molecule has 0 amide bonds. The van der Waals surface area contributed by atoms with Gasteiger partial charge >= 0.3 is 0 Å². The van der Waals surface area contributed by atoms with E-state index in [0.29, 0.717) is 0 Å². The molecule has 1 saturated heterocycles. The maximum absolute atomic E-state index is 2.60. The van der Waals surface area contributed by atoms with Crippen molar-refractivity contribution >= 4 is 0 Å². The van der Waals surface area contributed by atoms with Crippen LogP contribution in [0.25, 0.3) is 0 Å². The molecule has 1 heterocycles. The van der Waals surface area contributed by atoms with Gasteiger partial charge < -0.3 is 4.90 Å². The first kappa shape index (κ1) is 20.1. The fourth-order valence-corrected chi connectivity index (χ4v) is 2.39. The fourth-order valence-electron chi connectivity index (χ4n) is 2.39. The maximum Gasteiger partial charge on any atom is 0.0234 e. The topological polar surface area (TPSA) is 6.48 Å². The van der Waals surface area contributed by atoms with Crippen LogP contribution in [-0.2, 0) is 6.54 Å². The number of hydrogen-bond donors (Lipinski definition) is 0. The van der Waals surface area contributed by atoms with E-state index in [-0.39, 0.29) is 0 Å². The van der Waals surface area contributed by atoms with Gasteiger partial charge in [-0.1, -0.05) is 71.4 Å². The monoisotopic (exact) mass is 292 g/mol. The number of hydrogen-bond acceptors (Lipinski definition) is 2. The van der Waals surface area contributed by atoms with Gasteiger partial charge in [-0.15, -0.1) is 0 Å². The predicted octanol–water partition coefficient (Wildman–Crippen LogP) is 4.66. The first-order valence-corrected chi connectivity index (χ1v) is 8.87. The summed E-state index contributed by atoms with van der Waals surface area (Å²) in [6.07, 6.45) is 2.66. The zero-order valence-corrected chi connectivity index (χ0v) is 14.9. The van der Waals surface area contributed by atoms with Gasteiger partial charge in [0.2, 0.25) is 0 Å². The normalized spacial score (nSPS) is 15.5. The molecule has 1 aromatic rings. The van der Waals surface area contributed by atoms with E-state index >= 15 is 0 Å². The van der Waals surface area contributed by atoms with Crippen molar-refractivity contribution in [2.24, 2.45) is 0 Å². The van der Waals surface area contributed by atoms with Gasteiger partial charge in [0.05, 0.1) is 0 Å². The minimum absolute atomic E-state index is 1.11. The average Bonchev–Trinajstić information content (AvgIpc) is 2.59. The maximum atomic E-state index is 2.60. The molecule has 0 radical (unpaired) electrons. The van der Waals surface area contributed by atoms with Gasteiger partial charge in [-0.05, 0) is 18.5 Å². The Labute approximate surface area is 133 Å². The molecule has 0 saturated carbocycles. The SMILES string of the molecule is CC.CC.CCCCN1CCN(Cc2ccccc2)CC1. The van der Waals surface area contributed by atoms with Crippen molar-refractivity contribution in [1.82, 2.24) is 9.80 Å². The van der Waals surface area contributed by atoms with Crippen molar-refractivity contribution in [2.75, 3.05) is 32.7 Å². The van der Waals surface area contributed by atoms with Gasteiger partial charge in [0, 0.05) is 32.7 Å². The van der Waals surface area contributed by atoms with Gasteiger partial charge in [-0.25, -0.2) is 0 Å². The molecule has 1 aliphatic heterocycles. The summed E-state index contributed by atoms with van der Waals surface area (Å²) < 4.78 is 0. The Kier molecular flexibility index (Phi) is 13.5. The highest BCUT2D eigenvalue weighted by molar-refractivity contribution is 5.14. The van der Waals surface area contributed by atoms with Crippen molar-refractivity contribution in [3.8, 4) is 0 Å². The van der Waals surface area contributed by atoms with Gasteiger partial charge in [0.1, 0.15) is 0 Å². The molecule has 122 valence electrons. The molecule has 0 bridgehead atoms. The van der Waals surface area contributed by atoms with Crippen molar-refractivity contribution in [3.63, 3.8) is 0 Å². The van der Waals surface area contributed by atoms with Crippen LogP contribution >= 0.6 is 0 Å². The van der Waals surface area contributed by atoms with E-state index in [0.717, 1.165) is 6.54 Å². The van der Waals surface area contributed by atoms with Gasteiger partial charge in [-0.2, -0.15) is 0 Å². The lowest BCUT2D eigenvalue weighted by Gasteiger charge is -2.34. The lowest BCUT2D eigenvalue weighted by atomic mass is 10.2. The van der Waals surface area contributed by atoms with Gasteiger partial charge in [0.15, 0.2) is 0 Å². The summed E-state index contributed by atoms with van der Waals surface area (Å²) in [5.74, 6) is 0. The minimum atomic E-state index is 1.11. The zero-order chi connectivity index (χ0) is 15.9. The molecule has 0 aromatic heterocycles. The van der Waals surface area contributed by atoms with Crippen LogP contribution in [0.3, 0.4) is 0 Å². The van der Waals surface area contributed by atoms with Crippen LogP contribution in [0.5, 0.6) is 0 Å². The summed E-state index contributed by atoms with van der Waals surface area (Å²) in [6.45, 7) is 17.6. The minimum Gasteiger partial charge on any atom is -0.301 e. The Hall–Kier alpha value is -0.860. The van der Waals surface area contributed by atoms with Crippen LogP contribution in [0.1, 0.15) is 53.0 Å². The number of piperazine rings is 1. The summed E-state index contributed by atoms with van der Waals surface area (Å²) in [5.41, 5.74) is 1.44. The van der Waals surface area contributed by atoms with Gasteiger partial charge in [-0.3, -0.25) is 4.90 Å². The molecule has 2 heteroatoms. The van der Waals surface area contributed by atoms with Crippen molar-refractivity contribution < 1.29 is 0 Å². The van der Waals surface area contributed by atoms with Crippen molar-refractivity contribution in [1.29, 1.82) is 0 Å². The average molecular weight is 293 g/mol. The summed E-state index contributed by atoms with van der Waals surface area (Å²) in [7, 11) is 0. The number of unbranched alkanes of at least 4 members (excludes halogenated alkanes) is 1. The quantitative estimate of drug-likeness (QED) is 0.779. The summed E-state index contributed by atoms with van der Waals surface area (Å²) in [5, 5.41) is 0. The number of rotatable bonds is 5. The van der Waals surface area contributed by atoms with E-state index in [2.05, 4.69) is 47.1 Å². The predicted molar refractivity (Wildman–Crippen MR) is 95.8 cm³/mol. The third kappa shape index (κ3) is 8.90. The van der Waals surface area contributed by atoms with Crippen LogP contribution in [0, 0.1) is 0 Å². The van der Waals surface area contributed by atoms with Crippen LogP contribution in [0.15, 0.2) is 30.3 Å². The molecule has 0 N–H and O–H groups in total. The molecule has 1 fully saturated rings. The second kappa shape index (κ2) is 14.1. The van der Waals surface area contributed by atoms with E-state index < -0.39 is 0 Å². The first-order chi connectivity index (χ1) is 10.4. The molecule has 2 rings (SSSR count). The van der Waals surface area contributed by atoms with E-state index in [9.17, 15) is 0 Å². The van der Waals surface area contributed by atoms with E-state index in [4.69, 9.17) is 0 Å². The Morgan fingerprint density at radius 1 is 0.810 bits per heavy atom. The molecule has 0 aliphatic carbocycles. The van der Waals surface area contributed by atoms with Crippen LogP contribution in [-0.4, -0.2) is 42.5 Å². The molecule has 0 atom stereocenters. The van der Waals surface area contributed by atoms with E-state index in [1.165, 1.54) is 51.1 Å². The molecular weight excluding hydrogens is 256 g/mol. The van der Waals surface area contributed by atoms with Crippen LogP contribution in [0.4, 0.5) is 0 Å². The highest BCUT2D eigenvalue weighted by atomic mass is 15.3. The van der Waals surface area contributed by atoms with Gasteiger partial charge in [0.25, 0.3) is 0 Å². The first-order valence-electron chi connectivity index (χ1n) is 8.87. The fraction of sp³-hybridized carbons (Fsp3) is 0.684. The van der Waals surface area contributed by atoms with Crippen LogP contribution in [0.2, 0.25) is 0 Å². The molecule has 2 nitrogen and oxygen atoms in total. The molecule has 1 aromatic carbocycles. The summed E-state index contributed by atoms with van der Waals surface area (Å²) in [4.78, 5) is 5.17. The smallest absolute Gasteiger partial charge is 0.0234 e. The number of benzene rings is 1. The third-order valence-electron chi connectivity index (χ3n) is 3.54. The molecule has 21 heavy (non-hydrogen) atoms. The molecule has 0 unspecified atom stereocenters. The Balaban J connectivity index is 0.000000921. The second-order valence-corrected chi connectivity index (χ2v) is 4.96. The summed E-state index contributed by atoms with van der Waals surface area (Å²) in [6, 6.07) is 10.8.